The van der Waals surface area contributed by atoms with E-state index in [1.807, 2.05) is 37.3 Å². The maximum Gasteiger partial charge on any atom is 0.323 e. The number of nitrogens with zero attached hydrogens (tertiary/aromatic N) is 2. The predicted octanol–water partition coefficient (Wildman–Crippen LogP) is 4.25. The van der Waals surface area contributed by atoms with Crippen molar-refractivity contribution in [3.63, 3.8) is 0 Å². The molecule has 0 bridgehead atoms. The maximum absolute atomic E-state index is 11.2. The molecule has 0 radical (unpaired) electrons. The highest BCUT2D eigenvalue weighted by atomic mass is 35.5. The lowest BCUT2D eigenvalue weighted by Crippen LogP contribution is -2.10. The van der Waals surface area contributed by atoms with Crippen molar-refractivity contribution in [2.75, 3.05) is 12.4 Å². The van der Waals surface area contributed by atoms with Crippen molar-refractivity contribution in [1.29, 1.82) is 0 Å². The van der Waals surface area contributed by atoms with E-state index in [2.05, 4.69) is 4.98 Å². The molecule has 0 aliphatic carbocycles. The number of imidazole rings is 1. The summed E-state index contributed by atoms with van der Waals surface area (Å²) in [5.41, 5.74) is 2.70. The third-order valence-corrected chi connectivity index (χ3v) is 4.83. The van der Waals surface area contributed by atoms with Crippen LogP contribution in [0.5, 0.6) is 5.75 Å². The number of aryl methyl sites for hydroxylation is 1. The van der Waals surface area contributed by atoms with Gasteiger partial charge in [0, 0.05) is 10.8 Å². The Kier molecular flexibility index (Phi) is 5.50. The number of benzene rings is 2. The van der Waals surface area contributed by atoms with Gasteiger partial charge in [-0.2, -0.15) is 0 Å². The first-order chi connectivity index (χ1) is 12.0. The first-order valence-electron chi connectivity index (χ1n) is 7.73. The topological polar surface area (TPSA) is 64.4 Å². The molecule has 0 saturated carbocycles. The highest BCUT2D eigenvalue weighted by Crippen LogP contribution is 2.26. The van der Waals surface area contributed by atoms with Gasteiger partial charge >= 0.3 is 5.97 Å². The van der Waals surface area contributed by atoms with Crippen molar-refractivity contribution in [3.05, 3.63) is 53.1 Å². The molecule has 0 aliphatic heterocycles. The van der Waals surface area contributed by atoms with Crippen LogP contribution in [-0.2, 0) is 11.3 Å². The highest BCUT2D eigenvalue weighted by Gasteiger charge is 2.14. The second kappa shape index (κ2) is 7.80. The molecule has 2 aromatic carbocycles. The van der Waals surface area contributed by atoms with Crippen LogP contribution < -0.4 is 4.74 Å². The zero-order valence-corrected chi connectivity index (χ0v) is 15.2. The van der Waals surface area contributed by atoms with E-state index < -0.39 is 5.97 Å². The third-order valence-electron chi connectivity index (χ3n) is 3.64. The average Bonchev–Trinajstić information content (AvgIpc) is 2.92. The van der Waals surface area contributed by atoms with Crippen molar-refractivity contribution in [1.82, 2.24) is 9.55 Å². The number of hydrogen-bond acceptors (Lipinski definition) is 4. The van der Waals surface area contributed by atoms with Crippen LogP contribution in [0.2, 0.25) is 5.02 Å². The summed E-state index contributed by atoms with van der Waals surface area (Å²) >= 11 is 7.33. The predicted molar refractivity (Wildman–Crippen MR) is 99.8 cm³/mol. The molecular weight excluding hydrogens is 360 g/mol. The normalized spacial score (nSPS) is 11.0. The van der Waals surface area contributed by atoms with Crippen molar-refractivity contribution in [2.45, 2.75) is 18.6 Å². The second-order valence-corrected chi connectivity index (χ2v) is 6.97. The SMILES string of the molecule is Cc1cccc2c1nc(SCCOc1ccc(Cl)cc1)n2CC(=O)O. The Morgan fingerprint density at radius 1 is 1.28 bits per heavy atom. The summed E-state index contributed by atoms with van der Waals surface area (Å²) in [5.74, 6) is 0.518. The van der Waals surface area contributed by atoms with Gasteiger partial charge in [0.05, 0.1) is 17.6 Å². The first kappa shape index (κ1) is 17.6. The third kappa shape index (κ3) is 4.27. The molecule has 0 unspecified atom stereocenters. The van der Waals surface area contributed by atoms with Crippen molar-refractivity contribution in [3.8, 4) is 5.75 Å². The van der Waals surface area contributed by atoms with E-state index in [4.69, 9.17) is 16.3 Å². The Morgan fingerprint density at radius 2 is 2.04 bits per heavy atom. The molecular formula is C18H17ClN2O3S. The zero-order chi connectivity index (χ0) is 17.8. The Bertz CT molecular complexity index is 893. The first-order valence-corrected chi connectivity index (χ1v) is 9.10. The van der Waals surface area contributed by atoms with Crippen LogP contribution in [-0.4, -0.2) is 33.0 Å². The molecule has 1 heterocycles. The summed E-state index contributed by atoms with van der Waals surface area (Å²) in [6.45, 7) is 2.35. The van der Waals surface area contributed by atoms with Gasteiger partial charge in [0.2, 0.25) is 0 Å². The lowest BCUT2D eigenvalue weighted by molar-refractivity contribution is -0.137. The summed E-state index contributed by atoms with van der Waals surface area (Å²) in [4.78, 5) is 15.8. The molecule has 1 aromatic heterocycles. The van der Waals surface area contributed by atoms with Gasteiger partial charge in [0.25, 0.3) is 0 Å². The van der Waals surface area contributed by atoms with E-state index in [1.54, 1.807) is 16.7 Å². The van der Waals surface area contributed by atoms with Gasteiger partial charge in [0.1, 0.15) is 12.3 Å². The van der Waals surface area contributed by atoms with Gasteiger partial charge in [-0.1, -0.05) is 35.5 Å². The fourth-order valence-corrected chi connectivity index (χ4v) is 3.44. The fraction of sp³-hybridized carbons (Fsp3) is 0.222. The molecule has 7 heteroatoms. The van der Waals surface area contributed by atoms with Crippen LogP contribution in [0.4, 0.5) is 0 Å². The number of rotatable bonds is 7. The summed E-state index contributed by atoms with van der Waals surface area (Å²) < 4.78 is 7.40. The standard InChI is InChI=1S/C18H17ClN2O3S/c1-12-3-2-4-15-17(12)20-18(21(15)11-16(22)23)25-10-9-24-14-7-5-13(19)6-8-14/h2-8H,9-11H2,1H3,(H,22,23). The van der Waals surface area contributed by atoms with Crippen LogP contribution in [0.15, 0.2) is 47.6 Å². The molecule has 0 atom stereocenters. The number of carbonyl (C=O) groups is 1. The van der Waals surface area contributed by atoms with E-state index in [9.17, 15) is 9.90 Å². The number of aromatic nitrogens is 2. The van der Waals surface area contributed by atoms with Gasteiger partial charge in [-0.05, 0) is 42.8 Å². The Morgan fingerprint density at radius 3 is 2.76 bits per heavy atom. The van der Waals surface area contributed by atoms with Gasteiger partial charge in [0.15, 0.2) is 5.16 Å². The molecule has 3 aromatic rings. The van der Waals surface area contributed by atoms with E-state index in [0.717, 1.165) is 22.3 Å². The van der Waals surface area contributed by atoms with E-state index in [1.165, 1.54) is 11.8 Å². The monoisotopic (exact) mass is 376 g/mol. The summed E-state index contributed by atoms with van der Waals surface area (Å²) in [6.07, 6.45) is 0. The molecule has 0 saturated heterocycles. The molecule has 130 valence electrons. The number of halogens is 1. The van der Waals surface area contributed by atoms with Crippen LogP contribution in [0.1, 0.15) is 5.56 Å². The van der Waals surface area contributed by atoms with E-state index in [-0.39, 0.29) is 6.54 Å². The summed E-state index contributed by atoms with van der Waals surface area (Å²) in [6, 6.07) is 13.0. The molecule has 0 amide bonds. The Hall–Kier alpha value is -2.18. The molecule has 0 fully saturated rings. The van der Waals surface area contributed by atoms with Crippen LogP contribution in [0.25, 0.3) is 11.0 Å². The smallest absolute Gasteiger partial charge is 0.323 e. The van der Waals surface area contributed by atoms with Crippen LogP contribution in [0.3, 0.4) is 0 Å². The number of thioether (sulfide) groups is 1. The minimum absolute atomic E-state index is 0.111. The van der Waals surface area contributed by atoms with Crippen LogP contribution >= 0.6 is 23.4 Å². The number of fused-ring (bicyclic) bond motifs is 1. The second-order valence-electron chi connectivity index (χ2n) is 5.47. The number of aliphatic carboxylic acids is 1. The minimum Gasteiger partial charge on any atom is -0.493 e. The molecule has 5 nitrogen and oxygen atoms in total. The number of ether oxygens (including phenoxy) is 1. The zero-order valence-electron chi connectivity index (χ0n) is 13.6. The Labute approximate surface area is 154 Å². The number of hydrogen-bond donors (Lipinski definition) is 1. The quantitative estimate of drug-likeness (QED) is 0.493. The van der Waals surface area contributed by atoms with E-state index >= 15 is 0 Å². The number of para-hydroxylation sites is 1. The van der Waals surface area contributed by atoms with Gasteiger partial charge in [-0.3, -0.25) is 4.79 Å². The lowest BCUT2D eigenvalue weighted by atomic mass is 10.2. The highest BCUT2D eigenvalue weighted by molar-refractivity contribution is 7.99. The van der Waals surface area contributed by atoms with Gasteiger partial charge < -0.3 is 14.4 Å². The molecule has 25 heavy (non-hydrogen) atoms. The van der Waals surface area contributed by atoms with Gasteiger partial charge in [-0.15, -0.1) is 0 Å². The molecule has 0 aliphatic rings. The number of carboxylic acids is 1. The van der Waals surface area contributed by atoms with Crippen molar-refractivity contribution < 1.29 is 14.6 Å². The summed E-state index contributed by atoms with van der Waals surface area (Å²) in [7, 11) is 0. The number of carboxylic acid groups (broad SMARTS) is 1. The Balaban J connectivity index is 1.70. The van der Waals surface area contributed by atoms with E-state index in [0.29, 0.717) is 22.5 Å². The maximum atomic E-state index is 11.2. The van der Waals surface area contributed by atoms with Crippen LogP contribution in [0, 0.1) is 6.92 Å². The lowest BCUT2D eigenvalue weighted by Gasteiger charge is -2.07. The minimum atomic E-state index is -0.889. The average molecular weight is 377 g/mol. The molecule has 0 spiro atoms. The summed E-state index contributed by atoms with van der Waals surface area (Å²) in [5, 5.41) is 10.5. The fourth-order valence-electron chi connectivity index (χ4n) is 2.49. The largest absolute Gasteiger partial charge is 0.493 e. The molecule has 3 rings (SSSR count). The van der Waals surface area contributed by atoms with Gasteiger partial charge in [-0.25, -0.2) is 4.98 Å². The van der Waals surface area contributed by atoms with Crippen molar-refractivity contribution in [2.24, 2.45) is 0 Å². The molecule has 1 N–H and O–H groups in total. The van der Waals surface area contributed by atoms with Crippen molar-refractivity contribution >= 4 is 40.4 Å².